The van der Waals surface area contributed by atoms with Crippen molar-refractivity contribution in [1.82, 2.24) is 15.1 Å². The Morgan fingerprint density at radius 2 is 2.19 bits per heavy atom. The van der Waals surface area contributed by atoms with E-state index in [4.69, 9.17) is 0 Å². The van der Waals surface area contributed by atoms with Gasteiger partial charge in [0.05, 0.1) is 6.04 Å². The molecule has 2 atom stereocenters. The van der Waals surface area contributed by atoms with Gasteiger partial charge in [-0.25, -0.2) is 0 Å². The molecular weight excluding hydrogens is 226 g/mol. The first-order valence-corrected chi connectivity index (χ1v) is 5.74. The molecule has 96 valence electrons. The van der Waals surface area contributed by atoms with Crippen LogP contribution >= 0.6 is 12.4 Å². The lowest BCUT2D eigenvalue weighted by atomic mass is 10.1. The van der Waals surface area contributed by atoms with Gasteiger partial charge in [0.15, 0.2) is 0 Å². The van der Waals surface area contributed by atoms with Crippen molar-refractivity contribution in [1.29, 1.82) is 0 Å². The number of amides is 1. The average molecular weight is 250 g/mol. The molecule has 0 bridgehead atoms. The second kappa shape index (κ2) is 7.09. The lowest BCUT2D eigenvalue weighted by molar-refractivity contribution is -0.137. The summed E-state index contributed by atoms with van der Waals surface area (Å²) in [6.45, 7) is 6.78. The summed E-state index contributed by atoms with van der Waals surface area (Å²) < 4.78 is 0. The smallest absolute Gasteiger partial charge is 0.239 e. The fraction of sp³-hybridized carbons (Fsp3) is 0.909. The highest BCUT2D eigenvalue weighted by molar-refractivity contribution is 5.85. The third-order valence-corrected chi connectivity index (χ3v) is 2.98. The molecule has 0 aliphatic carbocycles. The van der Waals surface area contributed by atoms with Gasteiger partial charge >= 0.3 is 0 Å². The second-order valence-corrected chi connectivity index (χ2v) is 4.53. The van der Waals surface area contributed by atoms with E-state index < -0.39 is 0 Å². The number of hydrogen-bond acceptors (Lipinski definition) is 3. The van der Waals surface area contributed by atoms with Gasteiger partial charge in [0.25, 0.3) is 0 Å². The van der Waals surface area contributed by atoms with Gasteiger partial charge in [0.2, 0.25) is 5.91 Å². The molecule has 0 radical (unpaired) electrons. The number of nitrogens with zero attached hydrogens (tertiary/aromatic N) is 2. The predicted octanol–water partition coefficient (Wildman–Crippen LogP) is 0.569. The summed E-state index contributed by atoms with van der Waals surface area (Å²) in [7, 11) is 3.94. The molecule has 5 heteroatoms. The van der Waals surface area contributed by atoms with Crippen molar-refractivity contribution in [2.24, 2.45) is 0 Å². The number of carbonyl (C=O) groups excluding carboxylic acids is 1. The zero-order valence-corrected chi connectivity index (χ0v) is 11.5. The lowest BCUT2D eigenvalue weighted by Crippen LogP contribution is -2.55. The Hall–Kier alpha value is -0.320. The molecule has 1 N–H and O–H groups in total. The Kier molecular flexibility index (Phi) is 6.95. The molecule has 1 heterocycles. The summed E-state index contributed by atoms with van der Waals surface area (Å²) in [5.74, 6) is 0.274. The van der Waals surface area contributed by atoms with Crippen molar-refractivity contribution < 1.29 is 4.79 Å². The minimum absolute atomic E-state index is 0. The van der Waals surface area contributed by atoms with Gasteiger partial charge in [0.1, 0.15) is 0 Å². The summed E-state index contributed by atoms with van der Waals surface area (Å²) in [6, 6.07) is 0.456. The molecule has 0 spiro atoms. The average Bonchev–Trinajstić information content (AvgIpc) is 2.18. The molecule has 0 aromatic rings. The van der Waals surface area contributed by atoms with Crippen molar-refractivity contribution in [3.05, 3.63) is 0 Å². The molecule has 0 saturated carbocycles. The van der Waals surface area contributed by atoms with E-state index in [1.165, 1.54) is 0 Å². The van der Waals surface area contributed by atoms with E-state index in [0.29, 0.717) is 6.04 Å². The van der Waals surface area contributed by atoms with Gasteiger partial charge in [0, 0.05) is 25.7 Å². The first-order chi connectivity index (χ1) is 7.06. The number of piperazine rings is 1. The third kappa shape index (κ3) is 3.92. The Labute approximate surface area is 105 Å². The van der Waals surface area contributed by atoms with E-state index in [1.807, 2.05) is 23.9 Å². The van der Waals surface area contributed by atoms with Crippen molar-refractivity contribution >= 4 is 18.3 Å². The third-order valence-electron chi connectivity index (χ3n) is 2.98. The minimum Gasteiger partial charge on any atom is -0.339 e. The summed E-state index contributed by atoms with van der Waals surface area (Å²) in [5, 5.41) is 3.35. The van der Waals surface area contributed by atoms with Crippen LogP contribution in [0, 0.1) is 0 Å². The first-order valence-electron chi connectivity index (χ1n) is 5.74. The highest BCUT2D eigenvalue weighted by Gasteiger charge is 2.27. The number of nitrogens with one attached hydrogen (secondary N) is 1. The normalized spacial score (nSPS) is 22.8. The maximum Gasteiger partial charge on any atom is 0.239 e. The highest BCUT2D eigenvalue weighted by Crippen LogP contribution is 2.07. The summed E-state index contributed by atoms with van der Waals surface area (Å²) in [5.41, 5.74) is 0. The van der Waals surface area contributed by atoms with Crippen molar-refractivity contribution in [2.45, 2.75) is 32.4 Å². The molecule has 1 unspecified atom stereocenters. The number of hydrogen-bond donors (Lipinski definition) is 1. The Morgan fingerprint density at radius 3 is 2.62 bits per heavy atom. The lowest BCUT2D eigenvalue weighted by Gasteiger charge is -2.35. The van der Waals surface area contributed by atoms with Gasteiger partial charge in [-0.3, -0.25) is 9.69 Å². The molecule has 0 aromatic heterocycles. The second-order valence-electron chi connectivity index (χ2n) is 4.53. The Morgan fingerprint density at radius 1 is 1.56 bits per heavy atom. The number of halogens is 1. The molecule has 1 rings (SSSR count). The van der Waals surface area contributed by atoms with E-state index in [0.717, 1.165) is 26.1 Å². The Bertz CT molecular complexity index is 223. The molecular formula is C11H24ClN3O. The van der Waals surface area contributed by atoms with E-state index in [2.05, 4.69) is 19.2 Å². The molecule has 1 saturated heterocycles. The fourth-order valence-corrected chi connectivity index (χ4v) is 2.10. The predicted molar refractivity (Wildman–Crippen MR) is 69.1 cm³/mol. The zero-order chi connectivity index (χ0) is 11.4. The molecule has 16 heavy (non-hydrogen) atoms. The molecule has 1 aliphatic heterocycles. The summed E-state index contributed by atoms with van der Waals surface area (Å²) >= 11 is 0. The van der Waals surface area contributed by atoms with Crippen molar-refractivity contribution in [3.63, 3.8) is 0 Å². The van der Waals surface area contributed by atoms with Crippen LogP contribution in [0.4, 0.5) is 0 Å². The monoisotopic (exact) mass is 249 g/mol. The largest absolute Gasteiger partial charge is 0.339 e. The highest BCUT2D eigenvalue weighted by atomic mass is 35.5. The number of likely N-dealkylation sites (N-methyl/N-ethyl adjacent to an activating group) is 1. The van der Waals surface area contributed by atoms with Crippen LogP contribution in [0.3, 0.4) is 0 Å². The van der Waals surface area contributed by atoms with E-state index in [9.17, 15) is 4.79 Å². The van der Waals surface area contributed by atoms with Gasteiger partial charge in [-0.05, 0) is 27.4 Å². The van der Waals surface area contributed by atoms with Crippen LogP contribution in [0.2, 0.25) is 0 Å². The van der Waals surface area contributed by atoms with Crippen LogP contribution < -0.4 is 5.32 Å². The van der Waals surface area contributed by atoms with Crippen molar-refractivity contribution in [3.8, 4) is 0 Å². The Balaban J connectivity index is 0.00000225. The maximum atomic E-state index is 12.2. The van der Waals surface area contributed by atoms with E-state index in [1.54, 1.807) is 0 Å². The van der Waals surface area contributed by atoms with Crippen molar-refractivity contribution in [2.75, 3.05) is 33.7 Å². The van der Waals surface area contributed by atoms with Crippen LogP contribution in [0.15, 0.2) is 0 Å². The van der Waals surface area contributed by atoms with Gasteiger partial charge in [-0.1, -0.05) is 6.92 Å². The molecule has 4 nitrogen and oxygen atoms in total. The fourth-order valence-electron chi connectivity index (χ4n) is 2.10. The SMILES string of the molecule is CCC(C(=O)N1CCN[C@H](C)C1)N(C)C.Cl. The standard InChI is InChI=1S/C11H23N3O.ClH/c1-5-10(13(3)4)11(15)14-7-6-12-9(2)8-14;/h9-10,12H,5-8H2,1-4H3;1H/t9-,10?;/m1./s1. The number of rotatable bonds is 3. The molecule has 1 amide bonds. The summed E-state index contributed by atoms with van der Waals surface area (Å²) in [4.78, 5) is 16.2. The van der Waals surface area contributed by atoms with E-state index in [-0.39, 0.29) is 24.4 Å². The van der Waals surface area contributed by atoms with Gasteiger partial charge in [-0.15, -0.1) is 12.4 Å². The molecule has 0 aromatic carbocycles. The van der Waals surface area contributed by atoms with Crippen LogP contribution in [0.25, 0.3) is 0 Å². The van der Waals surface area contributed by atoms with Crippen LogP contribution in [-0.4, -0.2) is 61.5 Å². The van der Waals surface area contributed by atoms with Gasteiger partial charge in [-0.2, -0.15) is 0 Å². The van der Waals surface area contributed by atoms with Crippen LogP contribution in [0.5, 0.6) is 0 Å². The topological polar surface area (TPSA) is 35.6 Å². The minimum atomic E-state index is 0. The van der Waals surface area contributed by atoms with Crippen LogP contribution in [-0.2, 0) is 4.79 Å². The molecule has 1 fully saturated rings. The quantitative estimate of drug-likeness (QED) is 0.795. The zero-order valence-electron chi connectivity index (χ0n) is 10.7. The molecule has 1 aliphatic rings. The first kappa shape index (κ1) is 15.7. The van der Waals surface area contributed by atoms with E-state index >= 15 is 0 Å². The number of carbonyl (C=O) groups is 1. The van der Waals surface area contributed by atoms with Crippen LogP contribution in [0.1, 0.15) is 20.3 Å². The maximum absolute atomic E-state index is 12.2. The van der Waals surface area contributed by atoms with Gasteiger partial charge < -0.3 is 10.2 Å². The summed E-state index contributed by atoms with van der Waals surface area (Å²) in [6.07, 6.45) is 0.879.